The van der Waals surface area contributed by atoms with Gasteiger partial charge in [-0.3, -0.25) is 4.79 Å². The Kier molecular flexibility index (Phi) is 3.10. The van der Waals surface area contributed by atoms with E-state index in [9.17, 15) is 4.79 Å². The van der Waals surface area contributed by atoms with Crippen LogP contribution in [0.4, 0.5) is 0 Å². The molecule has 4 N–H and O–H groups in total. The molecule has 0 radical (unpaired) electrons. The summed E-state index contributed by atoms with van der Waals surface area (Å²) in [6.07, 6.45) is 0. The summed E-state index contributed by atoms with van der Waals surface area (Å²) in [7, 11) is 0. The highest BCUT2D eigenvalue weighted by molar-refractivity contribution is 5.90. The van der Waals surface area contributed by atoms with E-state index in [0.717, 1.165) is 0 Å². The molecule has 0 aliphatic carbocycles. The normalized spacial score (nSPS) is 8.50. The van der Waals surface area contributed by atoms with Gasteiger partial charge in [-0.2, -0.15) is 0 Å². The van der Waals surface area contributed by atoms with Crippen LogP contribution >= 0.6 is 0 Å². The lowest BCUT2D eigenvalue weighted by Crippen LogP contribution is -2.25. The molecule has 1 amide bonds. The van der Waals surface area contributed by atoms with Gasteiger partial charge in [-0.15, -0.1) is 0 Å². The van der Waals surface area contributed by atoms with Gasteiger partial charge < -0.3 is 20.6 Å². The summed E-state index contributed by atoms with van der Waals surface area (Å²) in [5.41, 5.74) is 0. The highest BCUT2D eigenvalue weighted by Gasteiger charge is 2.10. The van der Waals surface area contributed by atoms with Crippen molar-refractivity contribution in [3.8, 4) is 0 Å². The third-order valence-corrected chi connectivity index (χ3v) is 0.764. The van der Waals surface area contributed by atoms with Gasteiger partial charge >= 0.3 is 5.95 Å². The first-order chi connectivity index (χ1) is 4.59. The van der Waals surface area contributed by atoms with Crippen molar-refractivity contribution in [3.63, 3.8) is 0 Å². The number of hydrogen-bond acceptors (Lipinski definition) is 4. The first-order valence-corrected chi connectivity index (χ1v) is 2.69. The summed E-state index contributed by atoms with van der Waals surface area (Å²) < 4.78 is 0. The summed E-state index contributed by atoms with van der Waals surface area (Å²) >= 11 is 0. The highest BCUT2D eigenvalue weighted by atomic mass is 16.5. The molecule has 0 unspecified atom stereocenters. The molecule has 0 aliphatic heterocycles. The molecule has 10 heavy (non-hydrogen) atoms. The molecule has 5 heteroatoms. The largest absolute Gasteiger partial charge is 0.498 e. The van der Waals surface area contributed by atoms with E-state index in [1.807, 2.05) is 0 Å². The molecule has 0 heterocycles. The van der Waals surface area contributed by atoms with Crippen molar-refractivity contribution in [2.24, 2.45) is 0 Å². The zero-order chi connectivity index (χ0) is 8.15. The second kappa shape index (κ2) is 3.60. The Morgan fingerprint density at radius 1 is 1.40 bits per heavy atom. The number of aliphatic hydroxyl groups excluding tert-OH is 2. The van der Waals surface area contributed by atoms with Gasteiger partial charge in [0.25, 0.3) is 11.7 Å². The molecule has 0 rings (SSSR count). The van der Waals surface area contributed by atoms with E-state index >= 15 is 0 Å². The predicted molar refractivity (Wildman–Crippen MR) is 33.6 cm³/mol. The van der Waals surface area contributed by atoms with Crippen LogP contribution in [0, 0.1) is 0 Å². The molecule has 0 aliphatic rings. The van der Waals surface area contributed by atoms with Gasteiger partial charge in [0.2, 0.25) is 0 Å². The quantitative estimate of drug-likeness (QED) is 0.326. The average molecular weight is 147 g/mol. The van der Waals surface area contributed by atoms with E-state index in [1.54, 1.807) is 6.92 Å². The SMILES string of the molecule is CCNC(=O)C(O)=C(O)O. The molecule has 0 aromatic rings. The van der Waals surface area contributed by atoms with Crippen molar-refractivity contribution in [2.75, 3.05) is 6.54 Å². The molecule has 0 atom stereocenters. The molecule has 58 valence electrons. The van der Waals surface area contributed by atoms with Crippen LogP contribution in [0.2, 0.25) is 0 Å². The van der Waals surface area contributed by atoms with E-state index < -0.39 is 17.6 Å². The fraction of sp³-hybridized carbons (Fsp3) is 0.400. The Morgan fingerprint density at radius 3 is 2.20 bits per heavy atom. The number of carbonyl (C=O) groups excluding carboxylic acids is 1. The number of likely N-dealkylation sites (N-methyl/N-ethyl adjacent to an activating group) is 1. The number of rotatable bonds is 2. The van der Waals surface area contributed by atoms with Crippen LogP contribution in [-0.4, -0.2) is 27.8 Å². The van der Waals surface area contributed by atoms with Gasteiger partial charge in [-0.1, -0.05) is 0 Å². The number of carbonyl (C=O) groups is 1. The van der Waals surface area contributed by atoms with E-state index in [-0.39, 0.29) is 0 Å². The maximum atomic E-state index is 10.4. The van der Waals surface area contributed by atoms with Crippen LogP contribution in [0.25, 0.3) is 0 Å². The molecule has 0 fully saturated rings. The topological polar surface area (TPSA) is 89.8 Å². The zero-order valence-corrected chi connectivity index (χ0v) is 5.46. The van der Waals surface area contributed by atoms with Crippen molar-refractivity contribution < 1.29 is 20.1 Å². The minimum atomic E-state index is -1.37. The molecule has 0 saturated carbocycles. The lowest BCUT2D eigenvalue weighted by molar-refractivity contribution is -0.120. The summed E-state index contributed by atoms with van der Waals surface area (Å²) in [4.78, 5) is 10.4. The molecule has 5 nitrogen and oxygen atoms in total. The maximum Gasteiger partial charge on any atom is 0.324 e. The van der Waals surface area contributed by atoms with Crippen molar-refractivity contribution in [3.05, 3.63) is 11.7 Å². The Bertz CT molecular complexity index is 159. The molecular weight excluding hydrogens is 138 g/mol. The van der Waals surface area contributed by atoms with Crippen LogP contribution in [0.3, 0.4) is 0 Å². The van der Waals surface area contributed by atoms with Gasteiger partial charge in [0, 0.05) is 6.54 Å². The van der Waals surface area contributed by atoms with Crippen LogP contribution in [0.1, 0.15) is 6.92 Å². The Labute approximate surface area is 57.6 Å². The second-order valence-electron chi connectivity index (χ2n) is 1.53. The average Bonchev–Trinajstić information content (AvgIpc) is 1.87. The van der Waals surface area contributed by atoms with Gasteiger partial charge in [0.05, 0.1) is 0 Å². The van der Waals surface area contributed by atoms with Crippen LogP contribution in [0.15, 0.2) is 11.7 Å². The predicted octanol–water partition coefficient (Wildman–Crippen LogP) is -0.0344. The van der Waals surface area contributed by atoms with Crippen molar-refractivity contribution in [1.82, 2.24) is 5.32 Å². The lowest BCUT2D eigenvalue weighted by Gasteiger charge is -1.98. The Morgan fingerprint density at radius 2 is 1.90 bits per heavy atom. The monoisotopic (exact) mass is 147 g/mol. The van der Waals surface area contributed by atoms with Gasteiger partial charge in [0.1, 0.15) is 0 Å². The van der Waals surface area contributed by atoms with Gasteiger partial charge in [-0.25, -0.2) is 0 Å². The van der Waals surface area contributed by atoms with Crippen LogP contribution in [-0.2, 0) is 4.79 Å². The minimum Gasteiger partial charge on any atom is -0.498 e. The van der Waals surface area contributed by atoms with Crippen LogP contribution < -0.4 is 5.32 Å². The van der Waals surface area contributed by atoms with E-state index in [0.29, 0.717) is 6.54 Å². The third-order valence-electron chi connectivity index (χ3n) is 0.764. The molecule has 0 saturated heterocycles. The molecule has 0 aromatic carbocycles. The van der Waals surface area contributed by atoms with Crippen molar-refractivity contribution >= 4 is 5.91 Å². The maximum absolute atomic E-state index is 10.4. The summed E-state index contributed by atoms with van der Waals surface area (Å²) in [6, 6.07) is 0. The Hall–Kier alpha value is -1.39. The molecule has 0 spiro atoms. The Balaban J connectivity index is 4.09. The number of nitrogens with one attached hydrogen (secondary N) is 1. The lowest BCUT2D eigenvalue weighted by atomic mass is 10.5. The third kappa shape index (κ3) is 2.25. The smallest absolute Gasteiger partial charge is 0.324 e. The molecule has 0 aromatic heterocycles. The van der Waals surface area contributed by atoms with E-state index in [1.165, 1.54) is 0 Å². The minimum absolute atomic E-state index is 0.316. The first kappa shape index (κ1) is 8.61. The number of aliphatic hydroxyl groups is 3. The first-order valence-electron chi connectivity index (χ1n) is 2.69. The molecule has 0 bridgehead atoms. The van der Waals surface area contributed by atoms with Gasteiger partial charge in [0.15, 0.2) is 0 Å². The standard InChI is InChI=1S/C5H9NO4/c1-2-6-4(8)3(7)5(9)10/h7,9-10H,2H2,1H3,(H,6,8). The fourth-order valence-corrected chi connectivity index (χ4v) is 0.346. The summed E-state index contributed by atoms with van der Waals surface area (Å²) in [5, 5.41) is 26.9. The van der Waals surface area contributed by atoms with Crippen LogP contribution in [0.5, 0.6) is 0 Å². The number of amides is 1. The fourth-order valence-electron chi connectivity index (χ4n) is 0.346. The second-order valence-corrected chi connectivity index (χ2v) is 1.53. The zero-order valence-electron chi connectivity index (χ0n) is 5.46. The van der Waals surface area contributed by atoms with E-state index in [4.69, 9.17) is 15.3 Å². The highest BCUT2D eigenvalue weighted by Crippen LogP contribution is 1.91. The number of hydrogen-bond donors (Lipinski definition) is 4. The summed E-state index contributed by atoms with van der Waals surface area (Å²) in [5.74, 6) is -3.34. The van der Waals surface area contributed by atoms with Gasteiger partial charge in [-0.05, 0) is 6.92 Å². The van der Waals surface area contributed by atoms with Crippen molar-refractivity contribution in [2.45, 2.75) is 6.92 Å². The molecular formula is C5H9NO4. The summed E-state index contributed by atoms with van der Waals surface area (Å²) in [6.45, 7) is 1.95. The van der Waals surface area contributed by atoms with E-state index in [2.05, 4.69) is 5.32 Å². The van der Waals surface area contributed by atoms with Crippen molar-refractivity contribution in [1.29, 1.82) is 0 Å².